The van der Waals surface area contributed by atoms with Crippen LogP contribution in [0.2, 0.25) is 10.3 Å². The number of nitrogens with zero attached hydrogens (tertiary/aromatic N) is 2. The lowest BCUT2D eigenvalue weighted by molar-refractivity contribution is 0.315. The molecule has 0 saturated heterocycles. The largest absolute Gasteiger partial charge is 0.494 e. The van der Waals surface area contributed by atoms with Gasteiger partial charge in [-0.3, -0.25) is 0 Å². The molecule has 1 N–H and O–H groups in total. The van der Waals surface area contributed by atoms with Crippen LogP contribution >= 0.6 is 23.2 Å². The summed E-state index contributed by atoms with van der Waals surface area (Å²) in [5, 5.41) is 5.18. The van der Waals surface area contributed by atoms with Gasteiger partial charge in [0.2, 0.25) is 5.28 Å². The van der Waals surface area contributed by atoms with Crippen molar-refractivity contribution in [2.45, 2.75) is 6.42 Å². The van der Waals surface area contributed by atoms with Crippen molar-refractivity contribution in [3.8, 4) is 5.75 Å². The molecule has 0 aliphatic heterocycles. The molecule has 1 aromatic heterocycles. The molecule has 4 nitrogen and oxygen atoms in total. The van der Waals surface area contributed by atoms with E-state index in [1.54, 1.807) is 0 Å². The van der Waals surface area contributed by atoms with Crippen LogP contribution in [-0.4, -0.2) is 23.1 Å². The summed E-state index contributed by atoms with van der Waals surface area (Å²) in [6.45, 7) is 1.33. The smallest absolute Gasteiger partial charge is 0.224 e. The maximum Gasteiger partial charge on any atom is 0.224 e. The molecule has 0 fully saturated rings. The lowest BCUT2D eigenvalue weighted by atomic mass is 10.2. The van der Waals surface area contributed by atoms with Crippen molar-refractivity contribution in [3.63, 3.8) is 0 Å². The van der Waals surface area contributed by atoms with Crippen molar-refractivity contribution < 1.29 is 4.74 Å². The number of aromatic nitrogens is 2. The molecule has 0 saturated carbocycles. The topological polar surface area (TPSA) is 47.0 Å². The molecule has 3 rings (SSSR count). The van der Waals surface area contributed by atoms with Crippen LogP contribution < -0.4 is 10.1 Å². The highest BCUT2D eigenvalue weighted by Crippen LogP contribution is 2.21. The molecule has 0 amide bonds. The Hall–Kier alpha value is -2.04. The third-order valence-electron chi connectivity index (χ3n) is 3.27. The van der Waals surface area contributed by atoms with Crippen molar-refractivity contribution in [2.24, 2.45) is 0 Å². The average Bonchev–Trinajstić information content (AvgIpc) is 2.56. The lowest BCUT2D eigenvalue weighted by Crippen LogP contribution is -2.09. The van der Waals surface area contributed by atoms with E-state index >= 15 is 0 Å². The Kier molecular flexibility index (Phi) is 5.16. The number of ether oxygens (including phenoxy) is 1. The van der Waals surface area contributed by atoms with Crippen molar-refractivity contribution >= 4 is 39.9 Å². The number of nitrogens with one attached hydrogen (secondary N) is 1. The average molecular weight is 348 g/mol. The Labute approximate surface area is 144 Å². The van der Waals surface area contributed by atoms with Crippen LogP contribution in [0.5, 0.6) is 5.75 Å². The van der Waals surface area contributed by atoms with Gasteiger partial charge in [0, 0.05) is 17.0 Å². The monoisotopic (exact) mass is 347 g/mol. The summed E-state index contributed by atoms with van der Waals surface area (Å²) in [6.07, 6.45) is 0.832. The predicted molar refractivity (Wildman–Crippen MR) is 94.6 cm³/mol. The van der Waals surface area contributed by atoms with Gasteiger partial charge in [-0.05, 0) is 54.4 Å². The van der Waals surface area contributed by atoms with E-state index in [0.717, 1.165) is 35.4 Å². The van der Waals surface area contributed by atoms with E-state index in [9.17, 15) is 0 Å². The quantitative estimate of drug-likeness (QED) is 0.513. The molecule has 0 unspecified atom stereocenters. The van der Waals surface area contributed by atoms with Gasteiger partial charge < -0.3 is 10.1 Å². The SMILES string of the molecule is Clc1ccc(OCCCNc2nc(Cl)nc3ccccc23)cc1. The molecule has 0 aliphatic carbocycles. The second-order valence-corrected chi connectivity index (χ2v) is 5.72. The fraction of sp³-hybridized carbons (Fsp3) is 0.176. The number of hydrogen-bond acceptors (Lipinski definition) is 4. The van der Waals surface area contributed by atoms with Gasteiger partial charge in [0.1, 0.15) is 11.6 Å². The fourth-order valence-corrected chi connectivity index (χ4v) is 2.48. The summed E-state index contributed by atoms with van der Waals surface area (Å²) in [5.74, 6) is 1.55. The van der Waals surface area contributed by atoms with Crippen LogP contribution in [0.15, 0.2) is 48.5 Å². The van der Waals surface area contributed by atoms with E-state index in [2.05, 4.69) is 15.3 Å². The molecule has 23 heavy (non-hydrogen) atoms. The third-order valence-corrected chi connectivity index (χ3v) is 3.69. The Morgan fingerprint density at radius 1 is 0.957 bits per heavy atom. The molecular weight excluding hydrogens is 333 g/mol. The minimum absolute atomic E-state index is 0.239. The highest BCUT2D eigenvalue weighted by molar-refractivity contribution is 6.30. The van der Waals surface area contributed by atoms with Crippen LogP contribution in [-0.2, 0) is 0 Å². The van der Waals surface area contributed by atoms with Gasteiger partial charge in [-0.2, -0.15) is 0 Å². The van der Waals surface area contributed by atoms with Crippen molar-refractivity contribution in [1.29, 1.82) is 0 Å². The number of para-hydroxylation sites is 1. The maximum absolute atomic E-state index is 5.96. The van der Waals surface area contributed by atoms with E-state index < -0.39 is 0 Å². The zero-order chi connectivity index (χ0) is 16.1. The summed E-state index contributed by atoms with van der Waals surface area (Å²) in [7, 11) is 0. The van der Waals surface area contributed by atoms with Crippen molar-refractivity contribution in [3.05, 3.63) is 58.8 Å². The number of rotatable bonds is 6. The van der Waals surface area contributed by atoms with Crippen molar-refractivity contribution in [2.75, 3.05) is 18.5 Å². The van der Waals surface area contributed by atoms with Gasteiger partial charge in [0.15, 0.2) is 0 Å². The standard InChI is InChI=1S/C17H15Cl2N3O/c18-12-6-8-13(9-7-12)23-11-3-10-20-16-14-4-1-2-5-15(14)21-17(19)22-16/h1-2,4-9H,3,10-11H2,(H,20,21,22). The van der Waals surface area contributed by atoms with E-state index in [1.165, 1.54) is 0 Å². The lowest BCUT2D eigenvalue weighted by Gasteiger charge is -2.10. The first kappa shape index (κ1) is 15.8. The molecule has 0 atom stereocenters. The van der Waals surface area contributed by atoms with Gasteiger partial charge >= 0.3 is 0 Å². The number of halogens is 2. The van der Waals surface area contributed by atoms with E-state index in [0.29, 0.717) is 11.6 Å². The van der Waals surface area contributed by atoms with Crippen LogP contribution in [0.1, 0.15) is 6.42 Å². The molecule has 6 heteroatoms. The molecule has 2 aromatic carbocycles. The molecule has 0 bridgehead atoms. The van der Waals surface area contributed by atoms with Gasteiger partial charge in [0.25, 0.3) is 0 Å². The molecule has 3 aromatic rings. The first-order valence-corrected chi connectivity index (χ1v) is 8.02. The van der Waals surface area contributed by atoms with Gasteiger partial charge in [0.05, 0.1) is 12.1 Å². The summed E-state index contributed by atoms with van der Waals surface area (Å²) in [5.41, 5.74) is 0.826. The zero-order valence-corrected chi connectivity index (χ0v) is 13.8. The maximum atomic E-state index is 5.96. The first-order valence-electron chi connectivity index (χ1n) is 7.27. The third kappa shape index (κ3) is 4.24. The zero-order valence-electron chi connectivity index (χ0n) is 12.3. The first-order chi connectivity index (χ1) is 11.2. The van der Waals surface area contributed by atoms with E-state index in [4.69, 9.17) is 27.9 Å². The second kappa shape index (κ2) is 7.49. The van der Waals surface area contributed by atoms with E-state index in [-0.39, 0.29) is 5.28 Å². The predicted octanol–water partition coefficient (Wildman–Crippen LogP) is 4.82. The second-order valence-electron chi connectivity index (χ2n) is 4.94. The Balaban J connectivity index is 1.54. The summed E-state index contributed by atoms with van der Waals surface area (Å²) >= 11 is 11.8. The normalized spacial score (nSPS) is 10.7. The Morgan fingerprint density at radius 3 is 2.57 bits per heavy atom. The fourth-order valence-electron chi connectivity index (χ4n) is 2.18. The van der Waals surface area contributed by atoms with Gasteiger partial charge in [-0.25, -0.2) is 9.97 Å². The summed E-state index contributed by atoms with van der Waals surface area (Å²) in [6, 6.07) is 15.1. The Bertz CT molecular complexity index is 793. The highest BCUT2D eigenvalue weighted by atomic mass is 35.5. The van der Waals surface area contributed by atoms with Gasteiger partial charge in [-0.1, -0.05) is 23.7 Å². The number of hydrogen-bond donors (Lipinski definition) is 1. The molecule has 0 radical (unpaired) electrons. The number of anilines is 1. The molecular formula is C17H15Cl2N3O. The van der Waals surface area contributed by atoms with Gasteiger partial charge in [-0.15, -0.1) is 0 Å². The highest BCUT2D eigenvalue weighted by Gasteiger charge is 2.05. The van der Waals surface area contributed by atoms with E-state index in [1.807, 2.05) is 48.5 Å². The van der Waals surface area contributed by atoms with Crippen LogP contribution in [0, 0.1) is 0 Å². The minimum Gasteiger partial charge on any atom is -0.494 e. The molecule has 0 spiro atoms. The number of benzene rings is 2. The van der Waals surface area contributed by atoms with Crippen LogP contribution in [0.4, 0.5) is 5.82 Å². The van der Waals surface area contributed by atoms with Crippen LogP contribution in [0.25, 0.3) is 10.9 Å². The van der Waals surface area contributed by atoms with Crippen molar-refractivity contribution in [1.82, 2.24) is 9.97 Å². The summed E-state index contributed by atoms with van der Waals surface area (Å²) in [4.78, 5) is 8.46. The summed E-state index contributed by atoms with van der Waals surface area (Å²) < 4.78 is 5.65. The molecule has 1 heterocycles. The minimum atomic E-state index is 0.239. The molecule has 0 aliphatic rings. The molecule has 118 valence electrons. The number of fused-ring (bicyclic) bond motifs is 1. The Morgan fingerprint density at radius 2 is 1.74 bits per heavy atom. The van der Waals surface area contributed by atoms with Crippen LogP contribution in [0.3, 0.4) is 0 Å².